The molecule has 2 heterocycles. The second kappa shape index (κ2) is 9.03. The highest BCUT2D eigenvalue weighted by atomic mass is 32.2. The van der Waals surface area contributed by atoms with Gasteiger partial charge in [0.1, 0.15) is 0 Å². The zero-order chi connectivity index (χ0) is 23.7. The summed E-state index contributed by atoms with van der Waals surface area (Å²) in [4.78, 5) is 32.3. The standard InChI is InChI=1S/C25H20N4O4S/c1-32-23(30)19-8-5-9-20-21(19)29(24(26-20)34-2)14-15-10-12-16(13-11-15)17-6-3-4-7-18(17)22-27-25(31)33-28-22/h3-13H,14H2,1-2H3,(H,27,28,31). The molecule has 0 amide bonds. The summed E-state index contributed by atoms with van der Waals surface area (Å²) in [6, 6.07) is 21.2. The van der Waals surface area contributed by atoms with Crippen LogP contribution >= 0.6 is 11.8 Å². The van der Waals surface area contributed by atoms with E-state index in [4.69, 9.17) is 14.2 Å². The number of carbonyl (C=O) groups excluding carboxylic acids is 1. The van der Waals surface area contributed by atoms with Gasteiger partial charge >= 0.3 is 11.7 Å². The van der Waals surface area contributed by atoms with Crippen LogP contribution in [0.2, 0.25) is 0 Å². The van der Waals surface area contributed by atoms with Gasteiger partial charge in [-0.3, -0.25) is 0 Å². The number of aromatic amines is 1. The Kier molecular flexibility index (Phi) is 5.77. The van der Waals surface area contributed by atoms with E-state index < -0.39 is 11.7 Å². The third-order valence-electron chi connectivity index (χ3n) is 5.55. The highest BCUT2D eigenvalue weighted by molar-refractivity contribution is 7.98. The monoisotopic (exact) mass is 472 g/mol. The van der Waals surface area contributed by atoms with Crippen LogP contribution in [-0.2, 0) is 11.3 Å². The molecule has 5 rings (SSSR count). The number of nitrogens with one attached hydrogen (secondary N) is 1. The smallest absolute Gasteiger partial charge is 0.460 e. The van der Waals surface area contributed by atoms with Crippen LogP contribution in [0.25, 0.3) is 33.5 Å². The summed E-state index contributed by atoms with van der Waals surface area (Å²) in [7, 11) is 1.38. The molecular formula is C25H20N4O4S. The number of hydrogen-bond donors (Lipinski definition) is 1. The average Bonchev–Trinajstić information content (AvgIpc) is 3.47. The van der Waals surface area contributed by atoms with Gasteiger partial charge in [0.2, 0.25) is 0 Å². The summed E-state index contributed by atoms with van der Waals surface area (Å²) in [5.74, 6) is -0.671. The van der Waals surface area contributed by atoms with Gasteiger partial charge in [-0.15, -0.1) is 0 Å². The third kappa shape index (κ3) is 3.90. The highest BCUT2D eigenvalue weighted by Gasteiger charge is 2.19. The molecule has 0 unspecified atom stereocenters. The zero-order valence-electron chi connectivity index (χ0n) is 18.4. The lowest BCUT2D eigenvalue weighted by atomic mass is 9.98. The summed E-state index contributed by atoms with van der Waals surface area (Å²) < 4.78 is 11.8. The Morgan fingerprint density at radius 1 is 1.03 bits per heavy atom. The molecule has 0 spiro atoms. The van der Waals surface area contributed by atoms with Gasteiger partial charge in [0.25, 0.3) is 0 Å². The lowest BCUT2D eigenvalue weighted by Gasteiger charge is -2.12. The Morgan fingerprint density at radius 3 is 2.47 bits per heavy atom. The Balaban J connectivity index is 1.52. The molecule has 5 aromatic rings. The van der Waals surface area contributed by atoms with Crippen molar-refractivity contribution in [2.75, 3.05) is 13.4 Å². The summed E-state index contributed by atoms with van der Waals surface area (Å²) in [6.07, 6.45) is 1.96. The molecule has 0 radical (unpaired) electrons. The normalized spacial score (nSPS) is 11.1. The van der Waals surface area contributed by atoms with E-state index in [2.05, 4.69) is 10.1 Å². The quantitative estimate of drug-likeness (QED) is 0.284. The van der Waals surface area contributed by atoms with E-state index >= 15 is 0 Å². The lowest BCUT2D eigenvalue weighted by Crippen LogP contribution is -2.07. The third-order valence-corrected chi connectivity index (χ3v) is 6.22. The number of benzene rings is 3. The molecule has 0 saturated carbocycles. The molecule has 0 aliphatic carbocycles. The molecule has 170 valence electrons. The van der Waals surface area contributed by atoms with Crippen LogP contribution in [-0.4, -0.2) is 39.0 Å². The first-order valence-corrected chi connectivity index (χ1v) is 11.7. The van der Waals surface area contributed by atoms with Crippen LogP contribution in [0.15, 0.2) is 81.2 Å². The van der Waals surface area contributed by atoms with E-state index in [1.54, 1.807) is 6.07 Å². The van der Waals surface area contributed by atoms with Gasteiger partial charge in [0, 0.05) is 5.56 Å². The molecule has 0 aliphatic rings. The fourth-order valence-corrected chi connectivity index (χ4v) is 4.57. The van der Waals surface area contributed by atoms with Crippen molar-refractivity contribution in [3.63, 3.8) is 0 Å². The first kappa shape index (κ1) is 21.7. The van der Waals surface area contributed by atoms with Crippen molar-refractivity contribution in [2.24, 2.45) is 0 Å². The molecule has 0 atom stereocenters. The van der Waals surface area contributed by atoms with Crippen molar-refractivity contribution >= 4 is 28.8 Å². The van der Waals surface area contributed by atoms with Gasteiger partial charge in [-0.1, -0.05) is 66.4 Å². The van der Waals surface area contributed by atoms with Gasteiger partial charge in [-0.25, -0.2) is 14.6 Å². The van der Waals surface area contributed by atoms with Crippen molar-refractivity contribution in [1.29, 1.82) is 0 Å². The zero-order valence-corrected chi connectivity index (χ0v) is 19.3. The SMILES string of the molecule is COC(=O)c1cccc2nc(SC)n(Cc3ccc(-c4ccccc4-c4nc(=O)o[nH]4)cc3)c12. The summed E-state index contributed by atoms with van der Waals surface area (Å²) in [5, 5.41) is 3.39. The highest BCUT2D eigenvalue weighted by Crippen LogP contribution is 2.31. The summed E-state index contributed by atoms with van der Waals surface area (Å²) in [6.45, 7) is 0.541. The van der Waals surface area contributed by atoms with Gasteiger partial charge < -0.3 is 13.8 Å². The number of imidazole rings is 1. The van der Waals surface area contributed by atoms with Crippen molar-refractivity contribution in [1.82, 2.24) is 19.7 Å². The molecule has 34 heavy (non-hydrogen) atoms. The van der Waals surface area contributed by atoms with E-state index in [-0.39, 0.29) is 0 Å². The van der Waals surface area contributed by atoms with Crippen molar-refractivity contribution in [3.8, 4) is 22.5 Å². The molecule has 3 aromatic carbocycles. The fourth-order valence-electron chi connectivity index (χ4n) is 4.00. The maximum Gasteiger partial charge on any atom is 0.460 e. The summed E-state index contributed by atoms with van der Waals surface area (Å²) >= 11 is 1.52. The van der Waals surface area contributed by atoms with E-state index in [1.165, 1.54) is 18.9 Å². The minimum atomic E-state index is -0.663. The number of nitrogens with zero attached hydrogens (tertiary/aromatic N) is 3. The van der Waals surface area contributed by atoms with Crippen molar-refractivity contribution in [3.05, 3.63) is 88.4 Å². The molecular weight excluding hydrogens is 452 g/mol. The van der Waals surface area contributed by atoms with E-state index in [0.717, 1.165) is 38.4 Å². The lowest BCUT2D eigenvalue weighted by molar-refractivity contribution is 0.0602. The Labute approximate surface area is 198 Å². The molecule has 0 fully saturated rings. The molecule has 9 heteroatoms. The van der Waals surface area contributed by atoms with E-state index in [0.29, 0.717) is 17.9 Å². The van der Waals surface area contributed by atoms with Crippen molar-refractivity contribution in [2.45, 2.75) is 11.7 Å². The second-order valence-electron chi connectivity index (χ2n) is 7.52. The van der Waals surface area contributed by atoms with Gasteiger partial charge in [0.15, 0.2) is 11.0 Å². The largest absolute Gasteiger partial charge is 0.465 e. The number of fused-ring (bicyclic) bond motifs is 1. The second-order valence-corrected chi connectivity index (χ2v) is 8.30. The van der Waals surface area contributed by atoms with E-state index in [1.807, 2.05) is 71.5 Å². The Bertz CT molecular complexity index is 1550. The number of rotatable bonds is 6. The van der Waals surface area contributed by atoms with Gasteiger partial charge in [-0.2, -0.15) is 10.1 Å². The maximum absolute atomic E-state index is 12.4. The van der Waals surface area contributed by atoms with Crippen LogP contribution in [0.4, 0.5) is 0 Å². The molecule has 8 nitrogen and oxygen atoms in total. The number of ether oxygens (including phenoxy) is 1. The molecule has 0 bridgehead atoms. The van der Waals surface area contributed by atoms with Crippen molar-refractivity contribution < 1.29 is 14.1 Å². The number of methoxy groups -OCH3 is 1. The number of esters is 1. The Hall–Kier alpha value is -4.11. The van der Waals surface area contributed by atoms with Crippen LogP contribution in [0, 0.1) is 0 Å². The number of para-hydroxylation sites is 1. The number of aromatic nitrogens is 4. The van der Waals surface area contributed by atoms with Gasteiger partial charge in [0.05, 0.1) is 30.3 Å². The number of hydrogen-bond acceptors (Lipinski definition) is 7. The molecule has 1 N–H and O–H groups in total. The fraction of sp³-hybridized carbons (Fsp3) is 0.120. The topological polar surface area (TPSA) is 103 Å². The summed E-state index contributed by atoms with van der Waals surface area (Å²) in [5.41, 5.74) is 5.70. The first-order valence-electron chi connectivity index (χ1n) is 10.4. The number of carbonyl (C=O) groups is 1. The van der Waals surface area contributed by atoms with Crippen LogP contribution in [0.5, 0.6) is 0 Å². The van der Waals surface area contributed by atoms with Crippen LogP contribution in [0.3, 0.4) is 0 Å². The first-order chi connectivity index (χ1) is 16.6. The van der Waals surface area contributed by atoms with Gasteiger partial charge in [-0.05, 0) is 35.1 Å². The number of thioether (sulfide) groups is 1. The molecule has 0 saturated heterocycles. The van der Waals surface area contributed by atoms with Crippen LogP contribution in [0.1, 0.15) is 15.9 Å². The molecule has 2 aromatic heterocycles. The maximum atomic E-state index is 12.4. The minimum absolute atomic E-state index is 0.384. The van der Waals surface area contributed by atoms with E-state index in [9.17, 15) is 9.59 Å². The Morgan fingerprint density at radius 2 is 1.79 bits per heavy atom. The molecule has 0 aliphatic heterocycles. The predicted octanol–water partition coefficient (Wildman–Crippen LogP) is 4.60. The average molecular weight is 473 g/mol. The van der Waals surface area contributed by atoms with Crippen LogP contribution < -0.4 is 5.76 Å². The number of H-pyrrole nitrogens is 1. The predicted molar refractivity (Wildman–Crippen MR) is 130 cm³/mol. The minimum Gasteiger partial charge on any atom is -0.465 e.